The third kappa shape index (κ3) is 6.94. The maximum atomic E-state index is 10.1. The Kier molecular flexibility index (Phi) is 10.0. The molecule has 2 aromatic rings. The van der Waals surface area contributed by atoms with E-state index < -0.39 is 0 Å². The lowest BCUT2D eigenvalue weighted by Gasteiger charge is -2.36. The van der Waals surface area contributed by atoms with E-state index in [1.165, 1.54) is 0 Å². The van der Waals surface area contributed by atoms with Crippen molar-refractivity contribution < 1.29 is 14.6 Å². The van der Waals surface area contributed by atoms with Crippen LogP contribution in [0.5, 0.6) is 17.2 Å². The summed E-state index contributed by atoms with van der Waals surface area (Å²) in [4.78, 5) is 9.05. The van der Waals surface area contributed by atoms with E-state index in [1.807, 2.05) is 36.4 Å². The Balaban J connectivity index is 0.00000320. The smallest absolute Gasteiger partial charge is 0.194 e. The molecule has 0 spiro atoms. The molecule has 8 heteroatoms. The van der Waals surface area contributed by atoms with Gasteiger partial charge in [0.2, 0.25) is 0 Å². The predicted octanol–water partition coefficient (Wildman–Crippen LogP) is 2.79. The van der Waals surface area contributed by atoms with Crippen LogP contribution in [0.3, 0.4) is 0 Å². The maximum absolute atomic E-state index is 10.1. The summed E-state index contributed by atoms with van der Waals surface area (Å²) in [7, 11) is 3.40. The van der Waals surface area contributed by atoms with Crippen molar-refractivity contribution in [2.45, 2.75) is 6.54 Å². The molecule has 2 N–H and O–H groups in total. The SMILES string of the molecule is CN=C(NCc1cc(OC)ccc1O)N1CCN(CCOc2ccccc2)CC1.I. The van der Waals surface area contributed by atoms with E-state index in [-0.39, 0.29) is 29.7 Å². The number of phenols is 1. The molecule has 3 rings (SSSR count). The Labute approximate surface area is 195 Å². The molecule has 0 atom stereocenters. The summed E-state index contributed by atoms with van der Waals surface area (Å²) in [5.41, 5.74) is 0.780. The van der Waals surface area contributed by atoms with Crippen LogP contribution in [0.1, 0.15) is 5.56 Å². The molecule has 30 heavy (non-hydrogen) atoms. The molecule has 164 valence electrons. The zero-order chi connectivity index (χ0) is 20.5. The number of nitrogens with one attached hydrogen (secondary N) is 1. The van der Waals surface area contributed by atoms with Crippen LogP contribution in [0, 0.1) is 0 Å². The molecule has 1 fully saturated rings. The Hall–Kier alpha value is -2.20. The fraction of sp³-hybridized carbons (Fsp3) is 0.409. The van der Waals surface area contributed by atoms with Gasteiger partial charge in [0, 0.05) is 51.9 Å². The topological polar surface area (TPSA) is 69.6 Å². The van der Waals surface area contributed by atoms with Gasteiger partial charge < -0.3 is 24.8 Å². The highest BCUT2D eigenvalue weighted by Gasteiger charge is 2.19. The molecular weight excluding hydrogens is 495 g/mol. The van der Waals surface area contributed by atoms with Gasteiger partial charge in [0.1, 0.15) is 23.9 Å². The lowest BCUT2D eigenvalue weighted by molar-refractivity contribution is 0.152. The molecule has 1 aliphatic heterocycles. The van der Waals surface area contributed by atoms with Gasteiger partial charge in [0.15, 0.2) is 5.96 Å². The minimum absolute atomic E-state index is 0. The molecule has 0 bridgehead atoms. The molecule has 0 aromatic heterocycles. The van der Waals surface area contributed by atoms with E-state index in [1.54, 1.807) is 26.3 Å². The lowest BCUT2D eigenvalue weighted by Crippen LogP contribution is -2.52. The fourth-order valence-corrected chi connectivity index (χ4v) is 3.33. The molecule has 1 aliphatic rings. The normalized spacial score (nSPS) is 14.7. The van der Waals surface area contributed by atoms with Crippen molar-refractivity contribution in [1.29, 1.82) is 0 Å². The fourth-order valence-electron chi connectivity index (χ4n) is 3.33. The molecular formula is C22H31IN4O3. The molecule has 1 heterocycles. The van der Waals surface area contributed by atoms with Gasteiger partial charge in [-0.1, -0.05) is 18.2 Å². The monoisotopic (exact) mass is 526 g/mol. The van der Waals surface area contributed by atoms with Gasteiger partial charge in [-0.25, -0.2) is 0 Å². The van der Waals surface area contributed by atoms with Crippen LogP contribution in [-0.2, 0) is 6.54 Å². The van der Waals surface area contributed by atoms with Crippen molar-refractivity contribution in [1.82, 2.24) is 15.1 Å². The van der Waals surface area contributed by atoms with Gasteiger partial charge in [0.05, 0.1) is 7.11 Å². The maximum Gasteiger partial charge on any atom is 0.194 e. The van der Waals surface area contributed by atoms with Crippen LogP contribution >= 0.6 is 24.0 Å². The number of hydrogen-bond acceptors (Lipinski definition) is 5. The average molecular weight is 526 g/mol. The predicted molar refractivity (Wildman–Crippen MR) is 130 cm³/mol. The molecule has 0 aliphatic carbocycles. The number of guanidine groups is 1. The van der Waals surface area contributed by atoms with Crippen LogP contribution in [0.25, 0.3) is 0 Å². The van der Waals surface area contributed by atoms with Crippen LogP contribution in [0.4, 0.5) is 0 Å². The highest BCUT2D eigenvalue weighted by molar-refractivity contribution is 14.0. The zero-order valence-corrected chi connectivity index (χ0v) is 19.9. The molecule has 0 radical (unpaired) electrons. The third-order valence-corrected chi connectivity index (χ3v) is 5.03. The molecule has 0 amide bonds. The lowest BCUT2D eigenvalue weighted by atomic mass is 10.2. The van der Waals surface area contributed by atoms with Crippen molar-refractivity contribution in [2.24, 2.45) is 4.99 Å². The summed E-state index contributed by atoms with van der Waals surface area (Å²) in [5, 5.41) is 13.4. The molecule has 0 saturated carbocycles. The summed E-state index contributed by atoms with van der Waals surface area (Å²) in [5.74, 6) is 2.72. The number of para-hydroxylation sites is 1. The standard InChI is InChI=1S/C22H30N4O3.HI/c1-23-22(24-17-18-16-20(28-2)8-9-21(18)27)26-12-10-25(11-13-26)14-15-29-19-6-4-3-5-7-19;/h3-9,16,27H,10-15,17H2,1-2H3,(H,23,24);1H. The minimum atomic E-state index is 0. The van der Waals surface area contributed by atoms with Crippen molar-refractivity contribution >= 4 is 29.9 Å². The van der Waals surface area contributed by atoms with Gasteiger partial charge in [0.25, 0.3) is 0 Å². The summed E-state index contributed by atoms with van der Waals surface area (Å²) in [6, 6.07) is 15.1. The second-order valence-corrected chi connectivity index (χ2v) is 6.89. The quantitative estimate of drug-likeness (QED) is 0.329. The van der Waals surface area contributed by atoms with E-state index in [0.29, 0.717) is 13.2 Å². The number of methoxy groups -OCH3 is 1. The molecule has 0 unspecified atom stereocenters. The first-order chi connectivity index (χ1) is 14.2. The van der Waals surface area contributed by atoms with E-state index in [2.05, 4.69) is 20.1 Å². The van der Waals surface area contributed by atoms with Crippen LogP contribution in [0.15, 0.2) is 53.5 Å². The third-order valence-electron chi connectivity index (χ3n) is 5.03. The Morgan fingerprint density at radius 1 is 1.07 bits per heavy atom. The molecule has 2 aromatic carbocycles. The van der Waals surface area contributed by atoms with Crippen LogP contribution < -0.4 is 14.8 Å². The number of rotatable bonds is 7. The number of ether oxygens (including phenoxy) is 2. The van der Waals surface area contributed by atoms with Crippen molar-refractivity contribution in [2.75, 3.05) is 53.5 Å². The summed E-state index contributed by atoms with van der Waals surface area (Å²) in [6.07, 6.45) is 0. The van der Waals surface area contributed by atoms with Gasteiger partial charge >= 0.3 is 0 Å². The average Bonchev–Trinajstić information content (AvgIpc) is 2.77. The number of benzene rings is 2. The summed E-state index contributed by atoms with van der Waals surface area (Å²) < 4.78 is 11.0. The largest absolute Gasteiger partial charge is 0.508 e. The Morgan fingerprint density at radius 3 is 2.47 bits per heavy atom. The number of nitrogens with zero attached hydrogens (tertiary/aromatic N) is 3. The van der Waals surface area contributed by atoms with E-state index in [0.717, 1.165) is 55.7 Å². The Bertz CT molecular complexity index is 796. The number of piperazine rings is 1. The highest BCUT2D eigenvalue weighted by Crippen LogP contribution is 2.22. The number of aromatic hydroxyl groups is 1. The minimum Gasteiger partial charge on any atom is -0.508 e. The van der Waals surface area contributed by atoms with Gasteiger partial charge in [-0.15, -0.1) is 24.0 Å². The number of aliphatic imine (C=N–C) groups is 1. The number of hydrogen-bond donors (Lipinski definition) is 2. The van der Waals surface area contributed by atoms with Crippen molar-refractivity contribution in [3.63, 3.8) is 0 Å². The van der Waals surface area contributed by atoms with Gasteiger partial charge in [-0.3, -0.25) is 9.89 Å². The van der Waals surface area contributed by atoms with Crippen molar-refractivity contribution in [3.8, 4) is 17.2 Å². The van der Waals surface area contributed by atoms with E-state index in [9.17, 15) is 5.11 Å². The van der Waals surface area contributed by atoms with E-state index >= 15 is 0 Å². The first-order valence-electron chi connectivity index (χ1n) is 9.91. The number of halogens is 1. The van der Waals surface area contributed by atoms with Crippen LogP contribution in [0.2, 0.25) is 0 Å². The first kappa shape index (κ1) is 24.1. The van der Waals surface area contributed by atoms with Gasteiger partial charge in [-0.2, -0.15) is 0 Å². The second-order valence-electron chi connectivity index (χ2n) is 6.89. The number of phenolic OH excluding ortho intramolecular Hbond substituents is 1. The highest BCUT2D eigenvalue weighted by atomic mass is 127. The summed E-state index contributed by atoms with van der Waals surface area (Å²) >= 11 is 0. The molecule has 1 saturated heterocycles. The van der Waals surface area contributed by atoms with Crippen LogP contribution in [-0.4, -0.2) is 74.4 Å². The molecule has 7 nitrogen and oxygen atoms in total. The van der Waals surface area contributed by atoms with Gasteiger partial charge in [-0.05, 0) is 30.3 Å². The van der Waals surface area contributed by atoms with E-state index in [4.69, 9.17) is 9.47 Å². The van der Waals surface area contributed by atoms with Crippen molar-refractivity contribution in [3.05, 3.63) is 54.1 Å². The summed E-state index contributed by atoms with van der Waals surface area (Å²) in [6.45, 7) is 5.80. The Morgan fingerprint density at radius 2 is 1.80 bits per heavy atom. The second kappa shape index (κ2) is 12.5. The zero-order valence-electron chi connectivity index (χ0n) is 17.6. The first-order valence-corrected chi connectivity index (χ1v) is 9.91.